The number of rotatable bonds is 6. The third kappa shape index (κ3) is 4.77. The molecule has 0 radical (unpaired) electrons. The van der Waals surface area contributed by atoms with Gasteiger partial charge in [0.25, 0.3) is 0 Å². The van der Waals surface area contributed by atoms with Gasteiger partial charge in [-0.15, -0.1) is 0 Å². The molecule has 0 spiro atoms. The van der Waals surface area contributed by atoms with Gasteiger partial charge in [0.1, 0.15) is 17.3 Å². The Kier molecular flexibility index (Phi) is 7.91. The number of phenols is 1. The largest absolute Gasteiger partial charge is 0.508 e. The highest BCUT2D eigenvalue weighted by Gasteiger charge is 2.68. The lowest BCUT2D eigenvalue weighted by molar-refractivity contribution is -0.131. The minimum Gasteiger partial charge on any atom is -0.508 e. The summed E-state index contributed by atoms with van der Waals surface area (Å²) in [5.74, 6) is -6.89. The zero-order valence-electron chi connectivity index (χ0n) is 28.1. The van der Waals surface area contributed by atoms with Gasteiger partial charge in [0, 0.05) is 22.6 Å². The van der Waals surface area contributed by atoms with Crippen molar-refractivity contribution in [2.24, 2.45) is 29.1 Å². The molecule has 4 amide bonds. The van der Waals surface area contributed by atoms with Crippen molar-refractivity contribution in [3.63, 3.8) is 0 Å². The van der Waals surface area contributed by atoms with E-state index in [0.29, 0.717) is 28.0 Å². The molecule has 262 valence electrons. The Morgan fingerprint density at radius 2 is 1.54 bits per heavy atom. The van der Waals surface area contributed by atoms with Gasteiger partial charge in [-0.3, -0.25) is 28.9 Å². The fourth-order valence-corrected chi connectivity index (χ4v) is 9.14. The highest BCUT2D eigenvalue weighted by atomic mass is 35.5. The fourth-order valence-electron chi connectivity index (χ4n) is 8.97. The van der Waals surface area contributed by atoms with Crippen LogP contribution < -0.4 is 14.5 Å². The Morgan fingerprint density at radius 3 is 2.23 bits per heavy atom. The van der Waals surface area contributed by atoms with Gasteiger partial charge >= 0.3 is 0 Å². The second-order valence-electron chi connectivity index (χ2n) is 13.9. The molecule has 6 atom stereocenters. The second-order valence-corrected chi connectivity index (χ2v) is 14.3. The number of methoxy groups -OCH3 is 1. The fraction of sp³-hybridized carbons (Fsp3) is 0.244. The quantitative estimate of drug-likeness (QED) is 0.131. The number of anilines is 2. The minimum absolute atomic E-state index is 0.0727. The Hall–Kier alpha value is -5.61. The van der Waals surface area contributed by atoms with Gasteiger partial charge in [-0.2, -0.15) is 0 Å². The smallest absolute Gasteiger partial charge is 0.241 e. The number of nitrogens with zero attached hydrogens (tertiary/aromatic N) is 2. The zero-order chi connectivity index (χ0) is 36.6. The highest BCUT2D eigenvalue weighted by molar-refractivity contribution is 6.32. The van der Waals surface area contributed by atoms with Crippen LogP contribution in [0.2, 0.25) is 5.02 Å². The number of benzene rings is 4. The lowest BCUT2D eigenvalue weighted by Gasteiger charge is -2.49. The van der Waals surface area contributed by atoms with Gasteiger partial charge in [0.15, 0.2) is 5.78 Å². The van der Waals surface area contributed by atoms with E-state index in [4.69, 9.17) is 16.3 Å². The van der Waals surface area contributed by atoms with Crippen molar-refractivity contribution in [2.75, 3.05) is 16.9 Å². The Labute approximate surface area is 303 Å². The molecule has 4 aromatic rings. The van der Waals surface area contributed by atoms with Crippen molar-refractivity contribution in [1.82, 2.24) is 0 Å². The van der Waals surface area contributed by atoms with Crippen LogP contribution in [0.3, 0.4) is 0 Å². The number of hydrogen-bond acceptors (Lipinski definition) is 7. The average Bonchev–Trinajstić information content (AvgIpc) is 3.52. The maximum absolute atomic E-state index is 14.7. The van der Waals surface area contributed by atoms with E-state index in [1.807, 2.05) is 12.1 Å². The van der Waals surface area contributed by atoms with Crippen molar-refractivity contribution in [2.45, 2.75) is 25.7 Å². The number of fused-ring (bicyclic) bond motifs is 4. The van der Waals surface area contributed by atoms with Crippen molar-refractivity contribution in [3.8, 4) is 11.5 Å². The number of amides is 4. The molecular formula is C41H32ClFN2O7. The number of hydrogen-bond donors (Lipinski definition) is 1. The van der Waals surface area contributed by atoms with E-state index in [2.05, 4.69) is 0 Å². The van der Waals surface area contributed by atoms with E-state index < -0.39 is 64.5 Å². The number of allylic oxidation sites excluding steroid dienone is 2. The Balaban J connectivity index is 1.20. The summed E-state index contributed by atoms with van der Waals surface area (Å²) >= 11 is 6.09. The number of aromatic hydroxyl groups is 1. The molecule has 2 heterocycles. The van der Waals surface area contributed by atoms with Crippen LogP contribution in [0, 0.1) is 34.9 Å². The summed E-state index contributed by atoms with van der Waals surface area (Å²) in [5.41, 5.74) is 0.813. The first-order valence-corrected chi connectivity index (χ1v) is 17.3. The molecule has 52 heavy (non-hydrogen) atoms. The predicted octanol–water partition coefficient (Wildman–Crippen LogP) is 6.86. The standard InChI is InChI=1S/C41H32ClFN2O7/c1-41-28(38(49)45(40(41)51)24-15-18-30(43)29(42)19-24)20-27-25(35(41)34-31(46)9-6-10-32(34)52-2)16-17-26-33(27)39(50)44(37(26)48)23-13-11-22(12-14-23)36(47)21-7-4-3-5-8-21/h3-16,18-19,26-28,33,35,46H,17,20H2,1-2H3/t26-,27+,28-,33-,35+,41+/m0/s1. The third-order valence-electron chi connectivity index (χ3n) is 11.4. The molecule has 1 saturated carbocycles. The minimum atomic E-state index is -1.47. The number of ketones is 1. The SMILES string of the molecule is COc1cccc(O)c1[C@H]1C2=CC[C@@H]3C(=O)N(c4ccc(C(=O)c5ccccc5)cc4)C(=O)[C@@H]3[C@@H]2C[C@H]2C(=O)N(c3ccc(F)c(Cl)c3)C(=O)[C@@]12C. The Bertz CT molecular complexity index is 2240. The van der Waals surface area contributed by atoms with E-state index >= 15 is 0 Å². The topological polar surface area (TPSA) is 121 Å². The molecule has 0 aromatic heterocycles. The van der Waals surface area contributed by atoms with Gasteiger partial charge in [0.2, 0.25) is 23.6 Å². The maximum Gasteiger partial charge on any atom is 0.241 e. The monoisotopic (exact) mass is 718 g/mol. The molecule has 8 rings (SSSR count). The lowest BCUT2D eigenvalue weighted by Crippen LogP contribution is -2.49. The van der Waals surface area contributed by atoms with Crippen LogP contribution in [0.5, 0.6) is 11.5 Å². The normalized spacial score (nSPS) is 26.5. The van der Waals surface area contributed by atoms with E-state index in [-0.39, 0.29) is 40.8 Å². The predicted molar refractivity (Wildman–Crippen MR) is 189 cm³/mol. The molecule has 2 aliphatic heterocycles. The molecule has 9 nitrogen and oxygen atoms in total. The van der Waals surface area contributed by atoms with E-state index in [1.54, 1.807) is 67.6 Å². The van der Waals surface area contributed by atoms with Crippen LogP contribution in [0.4, 0.5) is 15.8 Å². The first kappa shape index (κ1) is 33.5. The van der Waals surface area contributed by atoms with Gasteiger partial charge in [0.05, 0.1) is 46.7 Å². The first-order valence-electron chi connectivity index (χ1n) is 16.9. The number of carbonyl (C=O) groups excluding carboxylic acids is 5. The van der Waals surface area contributed by atoms with Gasteiger partial charge in [-0.1, -0.05) is 59.6 Å². The van der Waals surface area contributed by atoms with Crippen LogP contribution >= 0.6 is 11.6 Å². The van der Waals surface area contributed by atoms with E-state index in [9.17, 15) is 33.5 Å². The molecule has 4 aromatic carbocycles. The summed E-state index contributed by atoms with van der Waals surface area (Å²) in [4.78, 5) is 72.8. The van der Waals surface area contributed by atoms with Crippen molar-refractivity contribution in [1.29, 1.82) is 0 Å². The van der Waals surface area contributed by atoms with Crippen molar-refractivity contribution < 1.29 is 38.2 Å². The lowest BCUT2D eigenvalue weighted by atomic mass is 9.51. The molecule has 0 bridgehead atoms. The van der Waals surface area contributed by atoms with Crippen LogP contribution in [0.15, 0.2) is 103 Å². The molecule has 11 heteroatoms. The molecule has 4 aliphatic rings. The Morgan fingerprint density at radius 1 is 0.846 bits per heavy atom. The number of ether oxygens (including phenoxy) is 1. The van der Waals surface area contributed by atoms with Crippen LogP contribution in [0.25, 0.3) is 0 Å². The molecule has 0 unspecified atom stereocenters. The molecule has 2 aliphatic carbocycles. The maximum atomic E-state index is 14.7. The summed E-state index contributed by atoms with van der Waals surface area (Å²) in [6.07, 6.45) is 2.13. The molecule has 1 N–H and O–H groups in total. The van der Waals surface area contributed by atoms with E-state index in [0.717, 1.165) is 15.9 Å². The van der Waals surface area contributed by atoms with Crippen LogP contribution in [-0.4, -0.2) is 41.6 Å². The summed E-state index contributed by atoms with van der Waals surface area (Å²) < 4.78 is 19.9. The number of imide groups is 2. The number of halogens is 2. The third-order valence-corrected chi connectivity index (χ3v) is 11.7. The average molecular weight is 719 g/mol. The summed E-state index contributed by atoms with van der Waals surface area (Å²) in [7, 11) is 1.44. The van der Waals surface area contributed by atoms with Gasteiger partial charge < -0.3 is 9.84 Å². The summed E-state index contributed by atoms with van der Waals surface area (Å²) in [6.45, 7) is 1.68. The van der Waals surface area contributed by atoms with Crippen molar-refractivity contribution >= 4 is 52.4 Å². The van der Waals surface area contributed by atoms with Crippen molar-refractivity contribution in [3.05, 3.63) is 130 Å². The summed E-state index contributed by atoms with van der Waals surface area (Å²) in [5, 5.41) is 11.1. The zero-order valence-corrected chi connectivity index (χ0v) is 28.8. The van der Waals surface area contributed by atoms with Gasteiger partial charge in [-0.25, -0.2) is 9.29 Å². The molecule has 3 fully saturated rings. The molecular weight excluding hydrogens is 687 g/mol. The molecule has 2 saturated heterocycles. The number of phenolic OH excluding ortho intramolecular Hbond substituents is 1. The van der Waals surface area contributed by atoms with Crippen LogP contribution in [0.1, 0.15) is 47.2 Å². The second kappa shape index (κ2) is 12.3. The first-order chi connectivity index (χ1) is 25.0. The van der Waals surface area contributed by atoms with Gasteiger partial charge in [-0.05, 0) is 80.3 Å². The van der Waals surface area contributed by atoms with Crippen LogP contribution in [-0.2, 0) is 19.2 Å². The highest BCUT2D eigenvalue weighted by Crippen LogP contribution is 2.65. The number of carbonyl (C=O) groups is 5. The van der Waals surface area contributed by atoms with E-state index in [1.165, 1.54) is 25.3 Å². The summed E-state index contributed by atoms with van der Waals surface area (Å²) in [6, 6.07) is 23.5.